The third kappa shape index (κ3) is 6.62. The zero-order valence-corrected chi connectivity index (χ0v) is 22.8. The van der Waals surface area contributed by atoms with E-state index in [0.29, 0.717) is 17.7 Å². The molecule has 0 saturated heterocycles. The van der Waals surface area contributed by atoms with Gasteiger partial charge in [0.15, 0.2) is 0 Å². The van der Waals surface area contributed by atoms with Gasteiger partial charge in [-0.25, -0.2) is 0 Å². The molecule has 3 nitrogen and oxygen atoms in total. The van der Waals surface area contributed by atoms with Gasteiger partial charge in [0.05, 0.1) is 0 Å². The zero-order valence-electron chi connectivity index (χ0n) is 20.2. The summed E-state index contributed by atoms with van der Waals surface area (Å²) in [7, 11) is 0. The van der Waals surface area contributed by atoms with E-state index in [4.69, 9.17) is 0 Å². The van der Waals surface area contributed by atoms with Crippen LogP contribution in [-0.4, -0.2) is 66.2 Å². The van der Waals surface area contributed by atoms with Gasteiger partial charge in [0.25, 0.3) is 0 Å². The minimum atomic E-state index is -6.45. The van der Waals surface area contributed by atoms with E-state index in [0.717, 1.165) is 18.2 Å². The van der Waals surface area contributed by atoms with Crippen molar-refractivity contribution in [3.63, 3.8) is 0 Å². The second kappa shape index (κ2) is 10.9. The summed E-state index contributed by atoms with van der Waals surface area (Å²) in [5.41, 5.74) is -13.1. The number of hydrogen-bond donors (Lipinski definition) is 2. The van der Waals surface area contributed by atoms with E-state index in [1.165, 1.54) is 12.1 Å². The Morgan fingerprint density at radius 3 is 1.38 bits per heavy atom. The Morgan fingerprint density at radius 2 is 1.03 bits per heavy atom. The molecule has 39 heavy (non-hydrogen) atoms. The van der Waals surface area contributed by atoms with Crippen LogP contribution >= 0.6 is 0 Å². The van der Waals surface area contributed by atoms with Crippen molar-refractivity contribution < 1.29 is 68.4 Å². The Labute approximate surface area is 221 Å². The maximum atomic E-state index is 13.7. The van der Waals surface area contributed by atoms with Crippen LogP contribution in [0.1, 0.15) is 31.9 Å². The number of rotatable bonds is 5. The molecule has 4 N–H and O–H groups in total. The molecule has 0 saturated carbocycles. The minimum Gasteiger partial charge on any atom is -0.412 e. The van der Waals surface area contributed by atoms with E-state index in [2.05, 4.69) is 0 Å². The molecule has 0 aromatic heterocycles. The van der Waals surface area contributed by atoms with Crippen molar-refractivity contribution in [2.24, 2.45) is 0 Å². The molecule has 0 atom stereocenters. The fourth-order valence-corrected chi connectivity index (χ4v) is 11.4. The van der Waals surface area contributed by atoms with Gasteiger partial charge in [0, 0.05) is 0 Å². The topological polar surface area (TPSA) is 72.0 Å². The monoisotopic (exact) mass is 696 g/mol. The fourth-order valence-electron chi connectivity index (χ4n) is 3.51. The first-order chi connectivity index (χ1) is 16.8. The van der Waals surface area contributed by atoms with Crippen molar-refractivity contribution in [1.82, 2.24) is 0 Å². The number of aliphatic hydroxyl groups is 2. The first kappa shape index (κ1) is 35.3. The van der Waals surface area contributed by atoms with E-state index >= 15 is 0 Å². The third-order valence-electron chi connectivity index (χ3n) is 5.77. The quantitative estimate of drug-likeness (QED) is 0.344. The molecule has 2 aromatic carbocycles. The van der Waals surface area contributed by atoms with Gasteiger partial charge in [-0.15, -0.1) is 0 Å². The first-order valence-electron chi connectivity index (χ1n) is 10.5. The molecular formula is C23H23F12O3Sb. The van der Waals surface area contributed by atoms with Crippen molar-refractivity contribution in [3.8, 4) is 0 Å². The van der Waals surface area contributed by atoms with Crippen LogP contribution in [-0.2, 0) is 11.0 Å². The Kier molecular flexibility index (Phi) is 9.91. The van der Waals surface area contributed by atoms with Crippen LogP contribution < -0.4 is 7.02 Å². The number of benzene rings is 2. The molecule has 0 aliphatic heterocycles. The van der Waals surface area contributed by atoms with Crippen LogP contribution in [0.25, 0.3) is 0 Å². The summed E-state index contributed by atoms with van der Waals surface area (Å²) in [6, 6.07) is 6.71. The minimum absolute atomic E-state index is 0. The molecule has 0 aliphatic rings. The summed E-state index contributed by atoms with van der Waals surface area (Å²) < 4.78 is 160. The van der Waals surface area contributed by atoms with Gasteiger partial charge in [-0.1, -0.05) is 0 Å². The van der Waals surface area contributed by atoms with Crippen LogP contribution in [0.4, 0.5) is 52.7 Å². The summed E-state index contributed by atoms with van der Waals surface area (Å²) in [6.07, 6.45) is -25.7. The summed E-state index contributed by atoms with van der Waals surface area (Å²) in [5.74, 6) is 0. The average Bonchev–Trinajstić information content (AvgIpc) is 2.73. The molecule has 0 fully saturated rings. The molecule has 0 radical (unpaired) electrons. The number of halogens is 12. The van der Waals surface area contributed by atoms with E-state index in [9.17, 15) is 62.9 Å². The predicted octanol–water partition coefficient (Wildman–Crippen LogP) is 4.94. The molecule has 0 spiro atoms. The fraction of sp³-hybridized carbons (Fsp3) is 0.478. The largest absolute Gasteiger partial charge is 0.412 e. The van der Waals surface area contributed by atoms with Crippen LogP contribution in [0.2, 0.25) is 4.37 Å². The summed E-state index contributed by atoms with van der Waals surface area (Å²) in [5, 5.41) is 19.8. The maximum absolute atomic E-state index is 13.7. The third-order valence-corrected chi connectivity index (χ3v) is 13.4. The van der Waals surface area contributed by atoms with Gasteiger partial charge in [-0.2, -0.15) is 0 Å². The van der Waals surface area contributed by atoms with Crippen LogP contribution in [0.15, 0.2) is 48.5 Å². The summed E-state index contributed by atoms with van der Waals surface area (Å²) >= 11 is -5.10. The maximum Gasteiger partial charge on any atom is -0.412 e. The summed E-state index contributed by atoms with van der Waals surface area (Å²) in [6.45, 7) is 5.11. The van der Waals surface area contributed by atoms with Gasteiger partial charge in [0.1, 0.15) is 0 Å². The van der Waals surface area contributed by atoms with E-state index in [1.807, 2.05) is 0 Å². The van der Waals surface area contributed by atoms with Gasteiger partial charge >= 0.3 is 216 Å². The Morgan fingerprint density at radius 1 is 0.615 bits per heavy atom. The van der Waals surface area contributed by atoms with E-state index < -0.39 is 75.0 Å². The standard InChI is InChI=1S/C10H13.C9H5F6O.C4H3F6O.H2O.Sb/c1-10(2,3)9-7-5-4-6-8-9;10-8(11,12)7(16,9(13,14)15)6-4-2-1-3-5-6;1-2(11,3(5,6)7)4(8,9)10;;/h5-8H,1-3H3;1-4,16H;11H,1H2;1H2;. The molecular weight excluding hydrogens is 674 g/mol. The van der Waals surface area contributed by atoms with Crippen molar-refractivity contribution in [1.29, 1.82) is 0 Å². The molecule has 0 heterocycles. The first-order valence-corrected chi connectivity index (χ1v) is 14.8. The van der Waals surface area contributed by atoms with Crippen molar-refractivity contribution >= 4 is 27.2 Å². The Bertz CT molecular complexity index is 1090. The number of hydrogen-bond acceptors (Lipinski definition) is 2. The summed E-state index contributed by atoms with van der Waals surface area (Å²) in [4.78, 5) is 0. The van der Waals surface area contributed by atoms with Crippen LogP contribution in [0, 0.1) is 0 Å². The zero-order chi connectivity index (χ0) is 29.8. The van der Waals surface area contributed by atoms with Gasteiger partial charge < -0.3 is 5.48 Å². The van der Waals surface area contributed by atoms with Crippen LogP contribution in [0.3, 0.4) is 0 Å². The molecule has 0 unspecified atom stereocenters. The van der Waals surface area contributed by atoms with E-state index in [1.54, 1.807) is 20.8 Å². The van der Waals surface area contributed by atoms with Crippen molar-refractivity contribution in [2.45, 2.75) is 66.5 Å². The van der Waals surface area contributed by atoms with E-state index in [-0.39, 0.29) is 15.1 Å². The van der Waals surface area contributed by atoms with Gasteiger partial charge in [-0.3, -0.25) is 0 Å². The SMILES string of the molecule is CC(C)(C)c1cc[c]([Sb]([CH2]C(O)(C(F)(F)F)C(F)(F)F)[c]2ccccc2C(O)(C(F)(F)F)C(F)(F)F)cc1.O. The normalized spacial score (nSPS) is 14.4. The number of alkyl halides is 12. The second-order valence-electron chi connectivity index (χ2n) is 9.46. The Balaban J connectivity index is 0.00000760. The molecule has 0 bridgehead atoms. The smallest absolute Gasteiger partial charge is 0.412 e. The molecule has 16 heteroatoms. The molecule has 2 aromatic rings. The Hall–Kier alpha value is -1.70. The molecule has 2 rings (SSSR count). The average molecular weight is 697 g/mol. The molecule has 0 amide bonds. The van der Waals surface area contributed by atoms with Gasteiger partial charge in [0.2, 0.25) is 0 Å². The van der Waals surface area contributed by atoms with Crippen LogP contribution in [0.5, 0.6) is 0 Å². The van der Waals surface area contributed by atoms with Crippen molar-refractivity contribution in [2.75, 3.05) is 0 Å². The molecule has 222 valence electrons. The molecule has 0 aliphatic carbocycles. The van der Waals surface area contributed by atoms with Gasteiger partial charge in [-0.05, 0) is 0 Å². The predicted molar refractivity (Wildman–Crippen MR) is 118 cm³/mol. The second-order valence-corrected chi connectivity index (χ2v) is 15.7. The van der Waals surface area contributed by atoms with Crippen molar-refractivity contribution in [3.05, 3.63) is 59.7 Å².